The first-order chi connectivity index (χ1) is 12.3. The second-order valence-electron chi connectivity index (χ2n) is 7.66. The molecule has 26 heavy (non-hydrogen) atoms. The second-order valence-corrected chi connectivity index (χ2v) is 7.66. The Morgan fingerprint density at radius 3 is 2.31 bits per heavy atom. The molecule has 0 aliphatic carbocycles. The van der Waals surface area contributed by atoms with E-state index in [1.54, 1.807) is 9.80 Å². The summed E-state index contributed by atoms with van der Waals surface area (Å²) >= 11 is 0. The van der Waals surface area contributed by atoms with Crippen molar-refractivity contribution >= 4 is 17.6 Å². The number of urea groups is 1. The summed E-state index contributed by atoms with van der Waals surface area (Å²) in [5.41, 5.74) is 2.14. The molecule has 2 atom stereocenters. The molecule has 6 nitrogen and oxygen atoms in total. The third kappa shape index (κ3) is 4.01. The molecule has 2 fully saturated rings. The van der Waals surface area contributed by atoms with E-state index in [1.165, 1.54) is 5.56 Å². The van der Waals surface area contributed by atoms with Crippen LogP contribution in [0.2, 0.25) is 0 Å². The Morgan fingerprint density at radius 2 is 1.73 bits per heavy atom. The summed E-state index contributed by atoms with van der Waals surface area (Å²) in [6.07, 6.45) is 0.0703. The van der Waals surface area contributed by atoms with Crippen molar-refractivity contribution < 1.29 is 14.3 Å². The van der Waals surface area contributed by atoms with E-state index in [4.69, 9.17) is 4.74 Å². The van der Waals surface area contributed by atoms with Crippen LogP contribution in [0.5, 0.6) is 0 Å². The van der Waals surface area contributed by atoms with Crippen LogP contribution >= 0.6 is 0 Å². The van der Waals surface area contributed by atoms with Crippen LogP contribution in [0, 0.1) is 0 Å². The molecule has 2 heterocycles. The van der Waals surface area contributed by atoms with Crippen molar-refractivity contribution in [2.75, 3.05) is 37.6 Å². The maximum Gasteiger partial charge on any atom is 0.325 e. The lowest BCUT2D eigenvalue weighted by atomic mass is 10.0. The van der Waals surface area contributed by atoms with Crippen LogP contribution in [0.15, 0.2) is 24.3 Å². The fraction of sp³-hybridized carbons (Fsp3) is 0.600. The first kappa shape index (κ1) is 18.7. The first-order valence-electron chi connectivity index (χ1n) is 9.44. The lowest BCUT2D eigenvalue weighted by Crippen LogP contribution is -2.51. The van der Waals surface area contributed by atoms with Crippen LogP contribution < -0.4 is 4.90 Å². The normalized spacial score (nSPS) is 23.9. The largest absolute Gasteiger partial charge is 0.372 e. The van der Waals surface area contributed by atoms with Crippen molar-refractivity contribution in [3.63, 3.8) is 0 Å². The van der Waals surface area contributed by atoms with Crippen LogP contribution in [0.4, 0.5) is 10.5 Å². The molecule has 3 rings (SSSR count). The van der Waals surface area contributed by atoms with Crippen LogP contribution in [0.3, 0.4) is 0 Å². The number of amides is 3. The van der Waals surface area contributed by atoms with Gasteiger partial charge >= 0.3 is 6.03 Å². The van der Waals surface area contributed by atoms with Gasteiger partial charge in [-0.05, 0) is 37.5 Å². The maximum atomic E-state index is 12.7. The summed E-state index contributed by atoms with van der Waals surface area (Å²) in [4.78, 5) is 30.5. The standard InChI is InChI=1S/C20H29N3O3/c1-14(2)17-5-7-18(8-6-17)23-10-9-21(20(23)25)13-19(24)22-11-15(3)26-16(4)12-22/h5-8,14-16H,9-13H2,1-4H3. The summed E-state index contributed by atoms with van der Waals surface area (Å²) < 4.78 is 5.68. The topological polar surface area (TPSA) is 53.1 Å². The Balaban J connectivity index is 1.61. The fourth-order valence-electron chi connectivity index (χ4n) is 3.65. The maximum absolute atomic E-state index is 12.7. The van der Waals surface area contributed by atoms with Crippen LogP contribution in [0.25, 0.3) is 0 Å². The van der Waals surface area contributed by atoms with Gasteiger partial charge in [-0.2, -0.15) is 0 Å². The summed E-state index contributed by atoms with van der Waals surface area (Å²) in [5, 5.41) is 0. The van der Waals surface area contributed by atoms with E-state index in [-0.39, 0.29) is 30.7 Å². The van der Waals surface area contributed by atoms with E-state index in [2.05, 4.69) is 26.0 Å². The quantitative estimate of drug-likeness (QED) is 0.831. The van der Waals surface area contributed by atoms with Gasteiger partial charge in [-0.15, -0.1) is 0 Å². The Labute approximate surface area is 155 Å². The molecule has 6 heteroatoms. The van der Waals surface area contributed by atoms with E-state index in [1.807, 2.05) is 30.9 Å². The Bertz CT molecular complexity index is 649. The number of hydrogen-bond donors (Lipinski definition) is 0. The van der Waals surface area contributed by atoms with Gasteiger partial charge in [0.25, 0.3) is 0 Å². The zero-order chi connectivity index (χ0) is 18.8. The molecule has 3 amide bonds. The number of benzene rings is 1. The number of anilines is 1. The number of carbonyl (C=O) groups excluding carboxylic acids is 2. The van der Waals surface area contributed by atoms with Gasteiger partial charge in [0.15, 0.2) is 0 Å². The average molecular weight is 359 g/mol. The van der Waals surface area contributed by atoms with Crippen LogP contribution in [-0.2, 0) is 9.53 Å². The first-order valence-corrected chi connectivity index (χ1v) is 9.44. The predicted molar refractivity (Wildman–Crippen MR) is 101 cm³/mol. The van der Waals surface area contributed by atoms with E-state index in [9.17, 15) is 9.59 Å². The summed E-state index contributed by atoms with van der Waals surface area (Å²) in [5.74, 6) is 0.461. The van der Waals surface area contributed by atoms with E-state index in [0.29, 0.717) is 32.1 Å². The molecular weight excluding hydrogens is 330 g/mol. The highest BCUT2D eigenvalue weighted by Crippen LogP contribution is 2.23. The van der Waals surface area contributed by atoms with E-state index in [0.717, 1.165) is 5.69 Å². The number of rotatable bonds is 4. The minimum atomic E-state index is -0.0926. The smallest absolute Gasteiger partial charge is 0.325 e. The van der Waals surface area contributed by atoms with E-state index >= 15 is 0 Å². The summed E-state index contributed by atoms with van der Waals surface area (Å²) in [6, 6.07) is 8.02. The van der Waals surface area contributed by atoms with Crippen molar-refractivity contribution in [2.24, 2.45) is 0 Å². The molecule has 0 aromatic heterocycles. The van der Waals surface area contributed by atoms with Gasteiger partial charge in [-0.25, -0.2) is 4.79 Å². The number of carbonyl (C=O) groups is 2. The minimum absolute atomic E-state index is 0.00245. The van der Waals surface area contributed by atoms with Crippen molar-refractivity contribution in [3.05, 3.63) is 29.8 Å². The van der Waals surface area contributed by atoms with Gasteiger partial charge in [0.1, 0.15) is 6.54 Å². The molecule has 0 N–H and O–H groups in total. The molecular formula is C20H29N3O3. The Morgan fingerprint density at radius 1 is 1.12 bits per heavy atom. The highest BCUT2D eigenvalue weighted by molar-refractivity contribution is 5.96. The van der Waals surface area contributed by atoms with Gasteiger partial charge in [-0.1, -0.05) is 26.0 Å². The Hall–Kier alpha value is -2.08. The van der Waals surface area contributed by atoms with Gasteiger partial charge in [0, 0.05) is 31.9 Å². The van der Waals surface area contributed by atoms with Crippen LogP contribution in [0.1, 0.15) is 39.2 Å². The molecule has 0 saturated carbocycles. The zero-order valence-electron chi connectivity index (χ0n) is 16.1. The summed E-state index contributed by atoms with van der Waals surface area (Å²) in [7, 11) is 0. The fourth-order valence-corrected chi connectivity index (χ4v) is 3.65. The SMILES string of the molecule is CC1CN(C(=O)CN2CCN(c3ccc(C(C)C)cc3)C2=O)CC(C)O1. The molecule has 1 aromatic carbocycles. The number of ether oxygens (including phenoxy) is 1. The van der Waals surface area contributed by atoms with Crippen molar-refractivity contribution in [1.29, 1.82) is 0 Å². The molecule has 2 unspecified atom stereocenters. The monoisotopic (exact) mass is 359 g/mol. The van der Waals surface area contributed by atoms with Gasteiger partial charge < -0.3 is 14.5 Å². The van der Waals surface area contributed by atoms with Gasteiger partial charge in [0.05, 0.1) is 12.2 Å². The molecule has 2 aliphatic heterocycles. The molecule has 0 radical (unpaired) electrons. The molecule has 2 aliphatic rings. The number of morpholine rings is 1. The molecule has 0 bridgehead atoms. The highest BCUT2D eigenvalue weighted by atomic mass is 16.5. The lowest BCUT2D eigenvalue weighted by molar-refractivity contribution is -0.143. The summed E-state index contributed by atoms with van der Waals surface area (Å²) in [6.45, 7) is 10.7. The second kappa shape index (κ2) is 7.66. The van der Waals surface area contributed by atoms with Crippen molar-refractivity contribution in [3.8, 4) is 0 Å². The molecule has 2 saturated heterocycles. The minimum Gasteiger partial charge on any atom is -0.372 e. The van der Waals surface area contributed by atoms with Gasteiger partial charge in [-0.3, -0.25) is 9.69 Å². The van der Waals surface area contributed by atoms with Crippen LogP contribution in [-0.4, -0.2) is 66.7 Å². The lowest BCUT2D eigenvalue weighted by Gasteiger charge is -2.36. The average Bonchev–Trinajstić information content (AvgIpc) is 2.94. The third-order valence-electron chi connectivity index (χ3n) is 5.06. The third-order valence-corrected chi connectivity index (χ3v) is 5.06. The number of hydrogen-bond acceptors (Lipinski definition) is 3. The van der Waals surface area contributed by atoms with Gasteiger partial charge in [0.2, 0.25) is 5.91 Å². The Kier molecular flexibility index (Phi) is 5.51. The molecule has 0 spiro atoms. The highest BCUT2D eigenvalue weighted by Gasteiger charge is 2.33. The van der Waals surface area contributed by atoms with Crippen molar-refractivity contribution in [1.82, 2.24) is 9.80 Å². The van der Waals surface area contributed by atoms with E-state index < -0.39 is 0 Å². The number of nitrogens with zero attached hydrogens (tertiary/aromatic N) is 3. The molecule has 142 valence electrons. The van der Waals surface area contributed by atoms with Crippen molar-refractivity contribution in [2.45, 2.75) is 45.8 Å². The zero-order valence-corrected chi connectivity index (χ0v) is 16.1. The molecule has 1 aromatic rings. The predicted octanol–water partition coefficient (Wildman–Crippen LogP) is 2.69.